The molecular weight excluding hydrogens is 356 g/mol. The second-order valence-corrected chi connectivity index (χ2v) is 6.22. The van der Waals surface area contributed by atoms with Crippen LogP contribution >= 0.6 is 11.6 Å². The molecule has 0 radical (unpaired) electrons. The number of halogens is 1. The summed E-state index contributed by atoms with van der Waals surface area (Å²) < 4.78 is 5.77. The quantitative estimate of drug-likeness (QED) is 0.417. The van der Waals surface area contributed by atoms with E-state index < -0.39 is 0 Å². The minimum absolute atomic E-state index is 0.388. The Kier molecular flexibility index (Phi) is 5.90. The third-order valence-electron chi connectivity index (χ3n) is 3.97. The van der Waals surface area contributed by atoms with Crippen LogP contribution in [0.4, 0.5) is 0 Å². The Balaban J connectivity index is 1.74. The minimum Gasteiger partial charge on any atom is -0.489 e. The summed E-state index contributed by atoms with van der Waals surface area (Å²) in [5, 5.41) is 19.1. The van der Waals surface area contributed by atoms with Gasteiger partial charge in [0.2, 0.25) is 0 Å². The maximum atomic E-state index is 9.46. The largest absolute Gasteiger partial charge is 0.489 e. The van der Waals surface area contributed by atoms with Crippen molar-refractivity contribution in [2.75, 3.05) is 0 Å². The van der Waals surface area contributed by atoms with Crippen LogP contribution in [0.25, 0.3) is 11.6 Å². The van der Waals surface area contributed by atoms with Crippen molar-refractivity contribution in [1.82, 2.24) is 0 Å². The molecule has 3 aromatic rings. The first-order valence-electron chi connectivity index (χ1n) is 8.28. The summed E-state index contributed by atoms with van der Waals surface area (Å²) in [6.07, 6.45) is 1.79. The van der Waals surface area contributed by atoms with Gasteiger partial charge in [0.15, 0.2) is 0 Å². The highest BCUT2D eigenvalue weighted by molar-refractivity contribution is 6.31. The number of allylic oxidation sites excluding steroid dienone is 1. The van der Waals surface area contributed by atoms with Crippen molar-refractivity contribution < 1.29 is 4.74 Å². The smallest absolute Gasteiger partial charge is 0.119 e. The molecule has 0 aliphatic heterocycles. The van der Waals surface area contributed by atoms with Crippen LogP contribution in [-0.2, 0) is 6.61 Å². The van der Waals surface area contributed by atoms with Crippen LogP contribution in [0.15, 0.2) is 72.8 Å². The Bertz CT molecular complexity index is 1060. The first kappa shape index (κ1) is 18.3. The highest BCUT2D eigenvalue weighted by atomic mass is 35.5. The highest BCUT2D eigenvalue weighted by Gasteiger charge is 2.04. The SMILES string of the molecule is N#C/C(=C/c1ccc(OCc2ccccc2Cl)cc1)c1cccc(C#N)c1. The van der Waals surface area contributed by atoms with E-state index in [0.29, 0.717) is 22.8 Å². The van der Waals surface area contributed by atoms with Gasteiger partial charge in [-0.25, -0.2) is 0 Å². The molecule has 0 aromatic heterocycles. The maximum absolute atomic E-state index is 9.46. The summed E-state index contributed by atoms with van der Waals surface area (Å²) in [5.74, 6) is 0.719. The Hall–Kier alpha value is -3.53. The Morgan fingerprint density at radius 1 is 0.963 bits per heavy atom. The lowest BCUT2D eigenvalue weighted by atomic mass is 10.0. The fourth-order valence-electron chi connectivity index (χ4n) is 2.54. The molecule has 3 nitrogen and oxygen atoms in total. The van der Waals surface area contributed by atoms with Crippen molar-refractivity contribution in [3.63, 3.8) is 0 Å². The fraction of sp³-hybridized carbons (Fsp3) is 0.0435. The third kappa shape index (κ3) is 4.76. The van der Waals surface area contributed by atoms with E-state index in [2.05, 4.69) is 12.1 Å². The molecule has 27 heavy (non-hydrogen) atoms. The molecule has 3 aromatic carbocycles. The van der Waals surface area contributed by atoms with E-state index in [9.17, 15) is 5.26 Å². The first-order chi connectivity index (χ1) is 13.2. The van der Waals surface area contributed by atoms with Gasteiger partial charge in [0.1, 0.15) is 12.4 Å². The lowest BCUT2D eigenvalue weighted by Gasteiger charge is -2.08. The van der Waals surface area contributed by atoms with Crippen molar-refractivity contribution in [1.29, 1.82) is 10.5 Å². The van der Waals surface area contributed by atoms with Crippen LogP contribution in [0.1, 0.15) is 22.3 Å². The second-order valence-electron chi connectivity index (χ2n) is 5.81. The normalized spacial score (nSPS) is 10.7. The van der Waals surface area contributed by atoms with E-state index in [4.69, 9.17) is 21.6 Å². The number of ether oxygens (including phenoxy) is 1. The number of benzene rings is 3. The summed E-state index contributed by atoms with van der Waals surface area (Å²) in [6, 6.07) is 26.3. The van der Waals surface area contributed by atoms with Crippen LogP contribution in [0, 0.1) is 22.7 Å². The minimum atomic E-state index is 0.388. The lowest BCUT2D eigenvalue weighted by Crippen LogP contribution is -1.95. The van der Waals surface area contributed by atoms with E-state index >= 15 is 0 Å². The summed E-state index contributed by atoms with van der Waals surface area (Å²) in [5.41, 5.74) is 3.54. The van der Waals surface area contributed by atoms with Gasteiger partial charge < -0.3 is 4.74 Å². The molecule has 0 amide bonds. The molecule has 0 aliphatic rings. The summed E-state index contributed by atoms with van der Waals surface area (Å²) >= 11 is 6.13. The fourth-order valence-corrected chi connectivity index (χ4v) is 2.73. The highest BCUT2D eigenvalue weighted by Crippen LogP contribution is 2.22. The predicted molar refractivity (Wildman–Crippen MR) is 107 cm³/mol. The van der Waals surface area contributed by atoms with Crippen molar-refractivity contribution in [3.05, 3.63) is 100 Å². The molecule has 0 unspecified atom stereocenters. The molecule has 3 rings (SSSR count). The lowest BCUT2D eigenvalue weighted by molar-refractivity contribution is 0.306. The molecule has 0 bridgehead atoms. The summed E-state index contributed by atoms with van der Waals surface area (Å²) in [6.45, 7) is 0.388. The van der Waals surface area contributed by atoms with Gasteiger partial charge in [-0.2, -0.15) is 10.5 Å². The molecule has 0 saturated heterocycles. The van der Waals surface area contributed by atoms with Crippen LogP contribution in [-0.4, -0.2) is 0 Å². The van der Waals surface area contributed by atoms with Gasteiger partial charge in [0, 0.05) is 10.6 Å². The summed E-state index contributed by atoms with van der Waals surface area (Å²) in [7, 11) is 0. The van der Waals surface area contributed by atoms with Crippen LogP contribution in [0.5, 0.6) is 5.75 Å². The average Bonchev–Trinajstić information content (AvgIpc) is 2.72. The maximum Gasteiger partial charge on any atom is 0.119 e. The van der Waals surface area contributed by atoms with E-state index in [0.717, 1.165) is 22.4 Å². The van der Waals surface area contributed by atoms with Crippen molar-refractivity contribution in [2.24, 2.45) is 0 Å². The van der Waals surface area contributed by atoms with E-state index in [1.807, 2.05) is 54.6 Å². The molecule has 0 heterocycles. The Labute approximate surface area is 163 Å². The van der Waals surface area contributed by atoms with Crippen molar-refractivity contribution in [3.8, 4) is 17.9 Å². The van der Waals surface area contributed by atoms with E-state index in [1.165, 1.54) is 0 Å². The molecular formula is C23H15ClN2O. The van der Waals surface area contributed by atoms with Crippen molar-refractivity contribution in [2.45, 2.75) is 6.61 Å². The molecule has 0 aliphatic carbocycles. The van der Waals surface area contributed by atoms with Gasteiger partial charge in [-0.15, -0.1) is 0 Å². The predicted octanol–water partition coefficient (Wildman–Crippen LogP) is 5.85. The van der Waals surface area contributed by atoms with Gasteiger partial charge in [0.05, 0.1) is 23.3 Å². The summed E-state index contributed by atoms with van der Waals surface area (Å²) in [4.78, 5) is 0. The molecule has 0 atom stereocenters. The Morgan fingerprint density at radius 3 is 2.44 bits per heavy atom. The number of rotatable bonds is 5. The topological polar surface area (TPSA) is 56.8 Å². The van der Waals surface area contributed by atoms with Gasteiger partial charge in [-0.05, 0) is 47.5 Å². The molecule has 0 fully saturated rings. The van der Waals surface area contributed by atoms with Crippen molar-refractivity contribution >= 4 is 23.3 Å². The number of nitriles is 2. The number of hydrogen-bond donors (Lipinski definition) is 0. The zero-order valence-electron chi connectivity index (χ0n) is 14.4. The van der Waals surface area contributed by atoms with Gasteiger partial charge >= 0.3 is 0 Å². The monoisotopic (exact) mass is 370 g/mol. The van der Waals surface area contributed by atoms with Crippen LogP contribution in [0.2, 0.25) is 5.02 Å². The molecule has 0 N–H and O–H groups in total. The average molecular weight is 371 g/mol. The van der Waals surface area contributed by atoms with Crippen LogP contribution < -0.4 is 4.74 Å². The number of nitrogens with zero attached hydrogens (tertiary/aromatic N) is 2. The zero-order chi connectivity index (χ0) is 19.1. The second kappa shape index (κ2) is 8.72. The zero-order valence-corrected chi connectivity index (χ0v) is 15.1. The van der Waals surface area contributed by atoms with Gasteiger partial charge in [-0.1, -0.05) is 54.1 Å². The molecule has 4 heteroatoms. The standard InChI is InChI=1S/C23H15ClN2O/c24-23-7-2-1-5-20(23)16-27-22-10-8-17(9-11-22)12-21(15-26)19-6-3-4-18(13-19)14-25/h1-13H,16H2/b21-12-. The molecule has 0 spiro atoms. The number of hydrogen-bond acceptors (Lipinski definition) is 3. The molecule has 130 valence electrons. The van der Waals surface area contributed by atoms with Gasteiger partial charge in [-0.3, -0.25) is 0 Å². The van der Waals surface area contributed by atoms with E-state index in [1.54, 1.807) is 24.3 Å². The van der Waals surface area contributed by atoms with Gasteiger partial charge in [0.25, 0.3) is 0 Å². The molecule has 0 saturated carbocycles. The van der Waals surface area contributed by atoms with E-state index in [-0.39, 0.29) is 0 Å². The first-order valence-corrected chi connectivity index (χ1v) is 8.66. The third-order valence-corrected chi connectivity index (χ3v) is 4.34. The Morgan fingerprint density at radius 2 is 1.74 bits per heavy atom. The van der Waals surface area contributed by atoms with Crippen LogP contribution in [0.3, 0.4) is 0 Å².